The summed E-state index contributed by atoms with van der Waals surface area (Å²) in [5.74, 6) is 1.69. The molecule has 202 valence electrons. The zero-order valence-electron chi connectivity index (χ0n) is 21.4. The van der Waals surface area contributed by atoms with Crippen molar-refractivity contribution < 1.29 is 17.9 Å². The second-order valence-electron chi connectivity index (χ2n) is 10.1. The van der Waals surface area contributed by atoms with Crippen LogP contribution >= 0.6 is 11.8 Å². The molecule has 38 heavy (non-hydrogen) atoms. The zero-order valence-corrected chi connectivity index (χ0v) is 22.2. The molecule has 0 amide bonds. The van der Waals surface area contributed by atoms with Crippen LogP contribution in [0, 0.1) is 0 Å². The van der Waals surface area contributed by atoms with Crippen molar-refractivity contribution in [3.8, 4) is 0 Å². The van der Waals surface area contributed by atoms with Crippen molar-refractivity contribution in [1.29, 1.82) is 0 Å². The van der Waals surface area contributed by atoms with Crippen LogP contribution in [0.4, 0.5) is 36.2 Å². The molecule has 2 aliphatic heterocycles. The van der Waals surface area contributed by atoms with Crippen LogP contribution in [0.15, 0.2) is 65.8 Å². The summed E-state index contributed by atoms with van der Waals surface area (Å²) in [6, 6.07) is 14.7. The highest BCUT2D eigenvalue weighted by molar-refractivity contribution is 8.00. The molecule has 2 fully saturated rings. The van der Waals surface area contributed by atoms with Gasteiger partial charge in [-0.1, -0.05) is 0 Å². The lowest BCUT2D eigenvalue weighted by Crippen LogP contribution is -2.39. The maximum atomic E-state index is 12.7. The Hall–Kier alpha value is -3.02. The summed E-state index contributed by atoms with van der Waals surface area (Å²) in [6.07, 6.45) is 3.62. The number of benzene rings is 1. The number of nitrogens with zero attached hydrogens (tertiary/aromatic N) is 5. The summed E-state index contributed by atoms with van der Waals surface area (Å²) in [5, 5.41) is 3.35. The van der Waals surface area contributed by atoms with Gasteiger partial charge in [-0.25, -0.2) is 9.97 Å². The molecule has 0 atom stereocenters. The molecular weight excluding hydrogens is 513 g/mol. The van der Waals surface area contributed by atoms with E-state index in [2.05, 4.69) is 43.8 Å². The van der Waals surface area contributed by atoms with Crippen LogP contribution in [0.5, 0.6) is 0 Å². The van der Waals surface area contributed by atoms with Crippen molar-refractivity contribution in [3.63, 3.8) is 0 Å². The number of hydrogen-bond acceptors (Lipinski definition) is 8. The van der Waals surface area contributed by atoms with Crippen LogP contribution < -0.4 is 15.1 Å². The number of anilines is 4. The molecule has 0 aliphatic carbocycles. The third kappa shape index (κ3) is 6.69. The maximum Gasteiger partial charge on any atom is 0.446 e. The van der Waals surface area contributed by atoms with Crippen LogP contribution in [0.1, 0.15) is 19.4 Å². The lowest BCUT2D eigenvalue weighted by Gasteiger charge is -2.29. The second kappa shape index (κ2) is 11.0. The van der Waals surface area contributed by atoms with Crippen molar-refractivity contribution in [2.75, 3.05) is 54.6 Å². The van der Waals surface area contributed by atoms with Gasteiger partial charge in [-0.3, -0.25) is 4.90 Å². The molecule has 2 aromatic heterocycles. The predicted octanol–water partition coefficient (Wildman–Crippen LogP) is 5.73. The average Bonchev–Trinajstić information content (AvgIpc) is 3.18. The minimum Gasteiger partial charge on any atom is -0.378 e. The van der Waals surface area contributed by atoms with Gasteiger partial charge in [0.2, 0.25) is 0 Å². The molecule has 2 saturated heterocycles. The average molecular weight is 545 g/mol. The van der Waals surface area contributed by atoms with E-state index < -0.39 is 5.51 Å². The van der Waals surface area contributed by atoms with Gasteiger partial charge in [-0.05, 0) is 79.7 Å². The Morgan fingerprint density at radius 1 is 1.00 bits per heavy atom. The first-order chi connectivity index (χ1) is 18.1. The zero-order chi connectivity index (χ0) is 26.8. The Balaban J connectivity index is 1.21. The highest BCUT2D eigenvalue weighted by Gasteiger charge is 2.37. The first kappa shape index (κ1) is 26.6. The van der Waals surface area contributed by atoms with Gasteiger partial charge in [0.15, 0.2) is 0 Å². The minimum absolute atomic E-state index is 0.0884. The number of alkyl halides is 3. The number of aromatic nitrogens is 2. The van der Waals surface area contributed by atoms with Gasteiger partial charge in [0, 0.05) is 48.5 Å². The second-order valence-corrected chi connectivity index (χ2v) is 11.2. The molecule has 1 aromatic carbocycles. The van der Waals surface area contributed by atoms with Crippen LogP contribution in [-0.2, 0) is 11.3 Å². The molecule has 11 heteroatoms. The van der Waals surface area contributed by atoms with E-state index in [1.54, 1.807) is 18.3 Å². The van der Waals surface area contributed by atoms with Crippen LogP contribution in [0.25, 0.3) is 0 Å². The van der Waals surface area contributed by atoms with E-state index in [9.17, 15) is 13.2 Å². The summed E-state index contributed by atoms with van der Waals surface area (Å²) in [4.78, 5) is 16.0. The van der Waals surface area contributed by atoms with Gasteiger partial charge in [0.1, 0.15) is 11.6 Å². The van der Waals surface area contributed by atoms with Gasteiger partial charge in [-0.15, -0.1) is 0 Å². The molecule has 1 N–H and O–H groups in total. The standard InChI is InChI=1S/C27H31F3N6OS/c1-26(2)18-35(22-4-6-23(7-5-22)38-27(28,29)30)19-36(26)17-20-9-10-31-24(15-20)33-21-3-8-25(32-16-21)34-11-13-37-14-12-34/h3-10,15-16H,11-14,17-19H2,1-2H3,(H,31,33). The maximum absolute atomic E-state index is 12.7. The van der Waals surface area contributed by atoms with E-state index in [-0.39, 0.29) is 22.2 Å². The number of ether oxygens (including phenoxy) is 1. The van der Waals surface area contributed by atoms with E-state index in [1.165, 1.54) is 12.1 Å². The topological polar surface area (TPSA) is 56.8 Å². The molecule has 0 spiro atoms. The van der Waals surface area contributed by atoms with Crippen molar-refractivity contribution in [2.45, 2.75) is 36.3 Å². The Morgan fingerprint density at radius 3 is 2.45 bits per heavy atom. The monoisotopic (exact) mass is 544 g/mol. The molecule has 0 unspecified atom stereocenters. The smallest absolute Gasteiger partial charge is 0.378 e. The van der Waals surface area contributed by atoms with Crippen molar-refractivity contribution in [1.82, 2.24) is 14.9 Å². The minimum atomic E-state index is -4.28. The molecule has 7 nitrogen and oxygen atoms in total. The highest BCUT2D eigenvalue weighted by atomic mass is 32.2. The summed E-state index contributed by atoms with van der Waals surface area (Å²) in [6.45, 7) is 9.66. The van der Waals surface area contributed by atoms with Crippen LogP contribution in [-0.4, -0.2) is 65.4 Å². The third-order valence-electron chi connectivity index (χ3n) is 6.76. The fraction of sp³-hybridized carbons (Fsp3) is 0.407. The molecule has 5 rings (SSSR count). The quantitative estimate of drug-likeness (QED) is 0.379. The number of morpholine rings is 1. The van der Waals surface area contributed by atoms with Crippen molar-refractivity contribution >= 4 is 34.8 Å². The van der Waals surface area contributed by atoms with Crippen molar-refractivity contribution in [3.05, 3.63) is 66.5 Å². The molecule has 4 heterocycles. The lowest BCUT2D eigenvalue weighted by molar-refractivity contribution is -0.0328. The SMILES string of the molecule is CC1(C)CN(c2ccc(SC(F)(F)F)cc2)CN1Cc1ccnc(Nc2ccc(N3CCOCC3)nc2)c1. The van der Waals surface area contributed by atoms with Crippen LogP contribution in [0.2, 0.25) is 0 Å². The van der Waals surface area contributed by atoms with E-state index in [4.69, 9.17) is 4.74 Å². The Morgan fingerprint density at radius 2 is 1.76 bits per heavy atom. The van der Waals surface area contributed by atoms with Gasteiger partial charge in [-0.2, -0.15) is 13.2 Å². The van der Waals surface area contributed by atoms with Gasteiger partial charge in [0.05, 0.1) is 31.8 Å². The largest absolute Gasteiger partial charge is 0.446 e. The first-order valence-corrected chi connectivity index (χ1v) is 13.3. The number of pyridine rings is 2. The Labute approximate surface area is 225 Å². The van der Waals surface area contributed by atoms with Crippen LogP contribution in [0.3, 0.4) is 0 Å². The normalized spacial score (nSPS) is 18.1. The highest BCUT2D eigenvalue weighted by Crippen LogP contribution is 2.38. The summed E-state index contributed by atoms with van der Waals surface area (Å²) in [7, 11) is 0. The number of rotatable bonds is 7. The predicted molar refractivity (Wildman–Crippen MR) is 145 cm³/mol. The van der Waals surface area contributed by atoms with Gasteiger partial charge >= 0.3 is 5.51 Å². The summed E-state index contributed by atoms with van der Waals surface area (Å²) in [5.41, 5.74) is -1.50. The summed E-state index contributed by atoms with van der Waals surface area (Å²) >= 11 is -0.0884. The first-order valence-electron chi connectivity index (χ1n) is 12.5. The number of thioether (sulfide) groups is 1. The molecule has 0 saturated carbocycles. The third-order valence-corrected chi connectivity index (χ3v) is 7.50. The lowest BCUT2D eigenvalue weighted by atomic mass is 10.0. The van der Waals surface area contributed by atoms with Gasteiger partial charge < -0.3 is 19.9 Å². The molecule has 0 radical (unpaired) electrons. The van der Waals surface area contributed by atoms with E-state index in [0.717, 1.165) is 68.0 Å². The fourth-order valence-corrected chi connectivity index (χ4v) is 5.30. The fourth-order valence-electron chi connectivity index (χ4n) is 4.76. The number of halogens is 3. The van der Waals surface area contributed by atoms with E-state index in [1.807, 2.05) is 30.5 Å². The molecule has 3 aromatic rings. The molecule has 0 bridgehead atoms. The number of hydrogen-bond donors (Lipinski definition) is 1. The number of nitrogens with one attached hydrogen (secondary N) is 1. The van der Waals surface area contributed by atoms with Crippen molar-refractivity contribution in [2.24, 2.45) is 0 Å². The van der Waals surface area contributed by atoms with Gasteiger partial charge in [0.25, 0.3) is 0 Å². The Bertz CT molecular complexity index is 1220. The Kier molecular flexibility index (Phi) is 7.69. The van der Waals surface area contributed by atoms with E-state index >= 15 is 0 Å². The molecule has 2 aliphatic rings. The van der Waals surface area contributed by atoms with E-state index in [0.29, 0.717) is 6.67 Å². The molecular formula is C27H31F3N6OS. The summed E-state index contributed by atoms with van der Waals surface area (Å²) < 4.78 is 43.4.